The molecule has 0 saturated heterocycles. The van der Waals surface area contributed by atoms with Crippen LogP contribution < -0.4 is 14.8 Å². The van der Waals surface area contributed by atoms with E-state index >= 15 is 0 Å². The number of methoxy groups -OCH3 is 2. The molecular formula is C15H25NO3. The van der Waals surface area contributed by atoms with Crippen molar-refractivity contribution in [2.75, 3.05) is 14.2 Å². The molecule has 0 fully saturated rings. The first-order valence-electron chi connectivity index (χ1n) is 6.67. The standard InChI is InChI=1S/C15H25NO3/c1-6-8-11(2)16-15(3,17)12-9-7-10-13(18-4)14(12)19-5/h7,9-11,16-17H,6,8H2,1-5H3. The molecule has 0 spiro atoms. The van der Waals surface area contributed by atoms with Gasteiger partial charge in [0, 0.05) is 11.6 Å². The summed E-state index contributed by atoms with van der Waals surface area (Å²) in [5, 5.41) is 13.9. The van der Waals surface area contributed by atoms with Gasteiger partial charge in [0.25, 0.3) is 0 Å². The Hall–Kier alpha value is -1.26. The van der Waals surface area contributed by atoms with Crippen LogP contribution in [0.3, 0.4) is 0 Å². The van der Waals surface area contributed by atoms with E-state index in [-0.39, 0.29) is 6.04 Å². The van der Waals surface area contributed by atoms with Gasteiger partial charge in [0.1, 0.15) is 5.72 Å². The van der Waals surface area contributed by atoms with Gasteiger partial charge in [-0.15, -0.1) is 0 Å². The summed E-state index contributed by atoms with van der Waals surface area (Å²) in [7, 11) is 3.16. The molecule has 4 heteroatoms. The first kappa shape index (κ1) is 15.8. The quantitative estimate of drug-likeness (QED) is 0.746. The van der Waals surface area contributed by atoms with Crippen LogP contribution in [0.1, 0.15) is 39.2 Å². The Labute approximate surface area is 115 Å². The predicted octanol–water partition coefficient (Wildman–Crippen LogP) is 2.65. The topological polar surface area (TPSA) is 50.7 Å². The third-order valence-corrected chi connectivity index (χ3v) is 3.18. The summed E-state index contributed by atoms with van der Waals surface area (Å²) in [6.07, 6.45) is 2.07. The van der Waals surface area contributed by atoms with Crippen molar-refractivity contribution in [3.8, 4) is 11.5 Å². The predicted molar refractivity (Wildman–Crippen MR) is 76.6 cm³/mol. The van der Waals surface area contributed by atoms with E-state index in [1.165, 1.54) is 0 Å². The van der Waals surface area contributed by atoms with E-state index in [1.54, 1.807) is 21.1 Å². The lowest BCUT2D eigenvalue weighted by atomic mass is 10.0. The molecule has 2 N–H and O–H groups in total. The van der Waals surface area contributed by atoms with Gasteiger partial charge in [-0.3, -0.25) is 5.32 Å². The normalized spacial score (nSPS) is 15.7. The van der Waals surface area contributed by atoms with Gasteiger partial charge in [0.05, 0.1) is 14.2 Å². The van der Waals surface area contributed by atoms with Crippen molar-refractivity contribution in [2.45, 2.75) is 45.4 Å². The van der Waals surface area contributed by atoms with Crippen molar-refractivity contribution in [3.63, 3.8) is 0 Å². The Morgan fingerprint density at radius 2 is 2.00 bits per heavy atom. The van der Waals surface area contributed by atoms with Crippen LogP contribution in [0.5, 0.6) is 11.5 Å². The summed E-state index contributed by atoms with van der Waals surface area (Å²) in [5.41, 5.74) is -0.480. The highest BCUT2D eigenvalue weighted by molar-refractivity contribution is 5.48. The second-order valence-electron chi connectivity index (χ2n) is 4.95. The number of aliphatic hydroxyl groups is 1. The van der Waals surface area contributed by atoms with Crippen molar-refractivity contribution < 1.29 is 14.6 Å². The van der Waals surface area contributed by atoms with Gasteiger partial charge in [-0.05, 0) is 26.3 Å². The van der Waals surface area contributed by atoms with E-state index in [9.17, 15) is 5.11 Å². The summed E-state index contributed by atoms with van der Waals surface area (Å²) < 4.78 is 10.6. The molecule has 0 radical (unpaired) electrons. The van der Waals surface area contributed by atoms with Crippen LogP contribution in [0, 0.1) is 0 Å². The molecule has 0 saturated carbocycles. The Morgan fingerprint density at radius 3 is 2.53 bits per heavy atom. The molecule has 108 valence electrons. The van der Waals surface area contributed by atoms with Crippen molar-refractivity contribution in [3.05, 3.63) is 23.8 Å². The molecule has 0 heterocycles. The molecule has 19 heavy (non-hydrogen) atoms. The first-order chi connectivity index (χ1) is 8.96. The summed E-state index contributed by atoms with van der Waals surface area (Å²) in [4.78, 5) is 0. The maximum absolute atomic E-state index is 10.7. The average Bonchev–Trinajstić information content (AvgIpc) is 2.37. The number of hydrogen-bond donors (Lipinski definition) is 2. The lowest BCUT2D eigenvalue weighted by molar-refractivity contribution is 0.00630. The Kier molecular flexibility index (Phi) is 5.63. The van der Waals surface area contributed by atoms with Gasteiger partial charge >= 0.3 is 0 Å². The van der Waals surface area contributed by atoms with Crippen LogP contribution in [0.15, 0.2) is 18.2 Å². The van der Waals surface area contributed by atoms with Crippen LogP contribution in [0.25, 0.3) is 0 Å². The average molecular weight is 267 g/mol. The highest BCUT2D eigenvalue weighted by Crippen LogP contribution is 2.36. The van der Waals surface area contributed by atoms with Crippen LogP contribution in [0.4, 0.5) is 0 Å². The minimum absolute atomic E-state index is 0.218. The maximum atomic E-state index is 10.7. The van der Waals surface area contributed by atoms with E-state index in [2.05, 4.69) is 19.2 Å². The molecular weight excluding hydrogens is 242 g/mol. The van der Waals surface area contributed by atoms with Gasteiger partial charge in [-0.1, -0.05) is 25.5 Å². The van der Waals surface area contributed by atoms with Crippen molar-refractivity contribution >= 4 is 0 Å². The van der Waals surface area contributed by atoms with E-state index < -0.39 is 5.72 Å². The highest BCUT2D eigenvalue weighted by atomic mass is 16.5. The fourth-order valence-electron chi connectivity index (χ4n) is 2.33. The molecule has 1 rings (SSSR count). The third-order valence-electron chi connectivity index (χ3n) is 3.18. The molecule has 2 atom stereocenters. The van der Waals surface area contributed by atoms with E-state index in [1.807, 2.05) is 18.2 Å². The molecule has 0 bridgehead atoms. The Balaban J connectivity index is 3.06. The van der Waals surface area contributed by atoms with Gasteiger partial charge in [-0.25, -0.2) is 0 Å². The maximum Gasteiger partial charge on any atom is 0.168 e. The molecule has 0 aliphatic heterocycles. The molecule has 0 aliphatic carbocycles. The summed E-state index contributed by atoms with van der Waals surface area (Å²) in [6.45, 7) is 5.92. The fraction of sp³-hybridized carbons (Fsp3) is 0.600. The van der Waals surface area contributed by atoms with E-state index in [0.29, 0.717) is 17.1 Å². The van der Waals surface area contributed by atoms with Crippen LogP contribution >= 0.6 is 0 Å². The Bertz CT molecular complexity index is 404. The van der Waals surface area contributed by atoms with Crippen LogP contribution in [-0.4, -0.2) is 25.4 Å². The number of nitrogens with one attached hydrogen (secondary N) is 1. The molecule has 0 aromatic heterocycles. The van der Waals surface area contributed by atoms with Gasteiger partial charge in [0.15, 0.2) is 11.5 Å². The molecule has 4 nitrogen and oxygen atoms in total. The van der Waals surface area contributed by atoms with Gasteiger partial charge < -0.3 is 14.6 Å². The minimum Gasteiger partial charge on any atom is -0.493 e. The lowest BCUT2D eigenvalue weighted by Gasteiger charge is -2.31. The van der Waals surface area contributed by atoms with E-state index in [4.69, 9.17) is 9.47 Å². The zero-order valence-electron chi connectivity index (χ0n) is 12.5. The summed E-state index contributed by atoms with van der Waals surface area (Å²) in [6, 6.07) is 5.72. The minimum atomic E-state index is -1.16. The highest BCUT2D eigenvalue weighted by Gasteiger charge is 2.29. The van der Waals surface area contributed by atoms with Crippen LogP contribution in [0.2, 0.25) is 0 Å². The second-order valence-corrected chi connectivity index (χ2v) is 4.95. The van der Waals surface area contributed by atoms with Gasteiger partial charge in [-0.2, -0.15) is 0 Å². The van der Waals surface area contributed by atoms with E-state index in [0.717, 1.165) is 12.8 Å². The number of benzene rings is 1. The lowest BCUT2D eigenvalue weighted by Crippen LogP contribution is -2.44. The van der Waals surface area contributed by atoms with Crippen molar-refractivity contribution in [2.24, 2.45) is 0 Å². The molecule has 2 unspecified atom stereocenters. The molecule has 0 amide bonds. The molecule has 0 aliphatic rings. The first-order valence-corrected chi connectivity index (χ1v) is 6.67. The smallest absolute Gasteiger partial charge is 0.168 e. The van der Waals surface area contributed by atoms with Gasteiger partial charge in [0.2, 0.25) is 0 Å². The van der Waals surface area contributed by atoms with Crippen molar-refractivity contribution in [1.82, 2.24) is 5.32 Å². The second kappa shape index (κ2) is 6.78. The number of rotatable bonds is 7. The molecule has 1 aromatic rings. The Morgan fingerprint density at radius 1 is 1.32 bits per heavy atom. The molecule has 1 aromatic carbocycles. The number of ether oxygens (including phenoxy) is 2. The van der Waals surface area contributed by atoms with Crippen LogP contribution in [-0.2, 0) is 5.72 Å². The number of para-hydroxylation sites is 1. The zero-order chi connectivity index (χ0) is 14.5. The SMILES string of the molecule is CCCC(C)NC(C)(O)c1cccc(OC)c1OC. The fourth-order valence-corrected chi connectivity index (χ4v) is 2.33. The zero-order valence-corrected chi connectivity index (χ0v) is 12.5. The van der Waals surface area contributed by atoms with Crippen molar-refractivity contribution in [1.29, 1.82) is 0 Å². The monoisotopic (exact) mass is 267 g/mol. The summed E-state index contributed by atoms with van der Waals surface area (Å²) >= 11 is 0. The third kappa shape index (κ3) is 3.85. The number of hydrogen-bond acceptors (Lipinski definition) is 4. The largest absolute Gasteiger partial charge is 0.493 e. The summed E-state index contributed by atoms with van der Waals surface area (Å²) in [5.74, 6) is 1.18.